The lowest BCUT2D eigenvalue weighted by atomic mass is 10.2. The second-order valence-electron chi connectivity index (χ2n) is 3.57. The minimum Gasteiger partial charge on any atom is -0.465 e. The number of hydrogen-bond acceptors (Lipinski definition) is 5. The van der Waals surface area contributed by atoms with Crippen LogP contribution in [0.3, 0.4) is 0 Å². The maximum Gasteiger partial charge on any atom is 0.325 e. The molecule has 6 heteroatoms. The highest BCUT2D eigenvalue weighted by molar-refractivity contribution is 5.85. The van der Waals surface area contributed by atoms with E-state index >= 15 is 0 Å². The van der Waals surface area contributed by atoms with Crippen molar-refractivity contribution in [3.05, 3.63) is 0 Å². The van der Waals surface area contributed by atoms with Gasteiger partial charge in [0.2, 0.25) is 5.91 Å². The Morgan fingerprint density at radius 3 is 2.67 bits per heavy atom. The number of hydrogen-bond donors (Lipinski definition) is 1. The molecule has 1 atom stereocenters. The number of esters is 1. The van der Waals surface area contributed by atoms with Crippen LogP contribution in [-0.4, -0.2) is 56.2 Å². The first kappa shape index (κ1) is 16.4. The van der Waals surface area contributed by atoms with Crippen molar-refractivity contribution in [2.24, 2.45) is 5.73 Å². The van der Waals surface area contributed by atoms with Gasteiger partial charge in [-0.3, -0.25) is 9.59 Å². The first-order valence-electron chi connectivity index (χ1n) is 5.69. The predicted molar refractivity (Wildman–Crippen MR) is 66.5 cm³/mol. The summed E-state index contributed by atoms with van der Waals surface area (Å²) in [7, 11) is 1.51. The third kappa shape index (κ3) is 6.23. The number of ether oxygens (including phenoxy) is 2. The van der Waals surface area contributed by atoms with Crippen LogP contribution >= 0.6 is 0 Å². The summed E-state index contributed by atoms with van der Waals surface area (Å²) in [5, 5.41) is 0. The van der Waals surface area contributed by atoms with E-state index in [1.54, 1.807) is 6.92 Å². The summed E-state index contributed by atoms with van der Waals surface area (Å²) in [6.45, 7) is 2.40. The molecule has 0 aromatic carbocycles. The quantitative estimate of drug-likeness (QED) is 0.462. The van der Waals surface area contributed by atoms with Gasteiger partial charge >= 0.3 is 5.97 Å². The highest BCUT2D eigenvalue weighted by Crippen LogP contribution is 1.98. The second kappa shape index (κ2) is 9.45. The maximum absolute atomic E-state index is 11.9. The Balaban J connectivity index is 4.51. The summed E-state index contributed by atoms with van der Waals surface area (Å²) >= 11 is 0. The van der Waals surface area contributed by atoms with Gasteiger partial charge in [0.15, 0.2) is 0 Å². The Kier molecular flexibility index (Phi) is 8.62. The minimum absolute atomic E-state index is 0.130. The van der Waals surface area contributed by atoms with Crippen molar-refractivity contribution < 1.29 is 19.1 Å². The third-order valence-corrected chi connectivity index (χ3v) is 2.16. The Bertz CT molecular complexity index is 312. The molecule has 0 spiro atoms. The van der Waals surface area contributed by atoms with Crippen molar-refractivity contribution >= 4 is 11.9 Å². The molecule has 0 radical (unpaired) electrons. The molecule has 2 N–H and O–H groups in total. The van der Waals surface area contributed by atoms with Crippen LogP contribution in [0.2, 0.25) is 0 Å². The average Bonchev–Trinajstić information content (AvgIpc) is 2.34. The van der Waals surface area contributed by atoms with Crippen molar-refractivity contribution in [2.75, 3.05) is 33.4 Å². The number of methoxy groups -OCH3 is 1. The van der Waals surface area contributed by atoms with Crippen molar-refractivity contribution in [3.63, 3.8) is 0 Å². The van der Waals surface area contributed by atoms with E-state index in [2.05, 4.69) is 5.92 Å². The zero-order valence-electron chi connectivity index (χ0n) is 10.8. The van der Waals surface area contributed by atoms with E-state index < -0.39 is 12.0 Å². The van der Waals surface area contributed by atoms with E-state index in [0.717, 1.165) is 0 Å². The van der Waals surface area contributed by atoms with E-state index in [9.17, 15) is 9.59 Å². The minimum atomic E-state index is -0.804. The first-order valence-corrected chi connectivity index (χ1v) is 5.69. The Labute approximate surface area is 107 Å². The van der Waals surface area contributed by atoms with Gasteiger partial charge in [0.05, 0.1) is 19.3 Å². The van der Waals surface area contributed by atoms with Crippen molar-refractivity contribution in [1.29, 1.82) is 0 Å². The molecule has 0 rings (SSSR count). The molecule has 0 bridgehead atoms. The predicted octanol–water partition coefficient (Wildman–Crippen LogP) is -0.625. The molecule has 0 aromatic rings. The van der Waals surface area contributed by atoms with Crippen LogP contribution in [0.15, 0.2) is 0 Å². The Morgan fingerprint density at radius 2 is 2.17 bits per heavy atom. The normalized spacial score (nSPS) is 11.4. The summed E-state index contributed by atoms with van der Waals surface area (Å²) in [6, 6.07) is -0.804. The van der Waals surface area contributed by atoms with Crippen molar-refractivity contribution in [2.45, 2.75) is 19.4 Å². The van der Waals surface area contributed by atoms with E-state index in [0.29, 0.717) is 6.61 Å². The fourth-order valence-electron chi connectivity index (χ4n) is 1.28. The van der Waals surface area contributed by atoms with Crippen LogP contribution < -0.4 is 5.73 Å². The van der Waals surface area contributed by atoms with Crippen LogP contribution in [-0.2, 0) is 19.1 Å². The highest BCUT2D eigenvalue weighted by atomic mass is 16.5. The van der Waals surface area contributed by atoms with Gasteiger partial charge in [-0.2, -0.15) is 0 Å². The number of terminal acetylenes is 1. The molecular weight excluding hydrogens is 236 g/mol. The number of carbonyl (C=O) groups excluding carboxylic acids is 2. The molecule has 0 saturated carbocycles. The topological polar surface area (TPSA) is 81.9 Å². The van der Waals surface area contributed by atoms with E-state index in [-0.39, 0.29) is 32.0 Å². The smallest absolute Gasteiger partial charge is 0.325 e. The molecule has 1 amide bonds. The van der Waals surface area contributed by atoms with Gasteiger partial charge in [-0.1, -0.05) is 0 Å². The Morgan fingerprint density at radius 1 is 1.50 bits per heavy atom. The second-order valence-corrected chi connectivity index (χ2v) is 3.57. The van der Waals surface area contributed by atoms with Crippen molar-refractivity contribution in [3.8, 4) is 12.3 Å². The molecule has 0 aliphatic heterocycles. The molecule has 102 valence electrons. The van der Waals surface area contributed by atoms with Crippen LogP contribution in [0.4, 0.5) is 0 Å². The summed E-state index contributed by atoms with van der Waals surface area (Å²) < 4.78 is 9.66. The molecule has 0 aromatic heterocycles. The standard InChI is InChI=1S/C12H20N2O4/c1-4-6-10(13)12(16)14(7-8-17-3)9-11(15)18-5-2/h1,10H,5-9,13H2,2-3H3. The molecule has 0 fully saturated rings. The number of nitrogens with two attached hydrogens (primary N) is 1. The van der Waals surface area contributed by atoms with Crippen LogP contribution in [0.25, 0.3) is 0 Å². The lowest BCUT2D eigenvalue weighted by Gasteiger charge is -2.23. The molecule has 1 unspecified atom stereocenters. The van der Waals surface area contributed by atoms with Gasteiger partial charge in [0.25, 0.3) is 0 Å². The summed E-state index contributed by atoms with van der Waals surface area (Å²) in [4.78, 5) is 24.6. The largest absolute Gasteiger partial charge is 0.465 e. The lowest BCUT2D eigenvalue weighted by molar-refractivity contribution is -0.149. The molecule has 6 nitrogen and oxygen atoms in total. The number of nitrogens with zero attached hydrogens (tertiary/aromatic N) is 1. The van der Waals surface area contributed by atoms with Crippen LogP contribution in [0.1, 0.15) is 13.3 Å². The molecular formula is C12H20N2O4. The fourth-order valence-corrected chi connectivity index (χ4v) is 1.28. The third-order valence-electron chi connectivity index (χ3n) is 2.16. The summed E-state index contributed by atoms with van der Waals surface area (Å²) in [5.74, 6) is 1.46. The van der Waals surface area contributed by atoms with Crippen LogP contribution in [0, 0.1) is 12.3 Å². The average molecular weight is 256 g/mol. The SMILES string of the molecule is C#CCC(N)C(=O)N(CCOC)CC(=O)OCC. The van der Waals surface area contributed by atoms with Gasteiger partial charge in [0, 0.05) is 20.1 Å². The number of carbonyl (C=O) groups is 2. The van der Waals surface area contributed by atoms with Gasteiger partial charge in [-0.15, -0.1) is 12.3 Å². The summed E-state index contributed by atoms with van der Waals surface area (Å²) in [5.41, 5.74) is 5.62. The zero-order chi connectivity index (χ0) is 14.0. The molecule has 18 heavy (non-hydrogen) atoms. The van der Waals surface area contributed by atoms with Crippen LogP contribution in [0.5, 0.6) is 0 Å². The maximum atomic E-state index is 11.9. The van der Waals surface area contributed by atoms with E-state index in [1.165, 1.54) is 12.0 Å². The molecule has 0 heterocycles. The first-order chi connectivity index (χ1) is 8.56. The van der Waals surface area contributed by atoms with Gasteiger partial charge < -0.3 is 20.1 Å². The van der Waals surface area contributed by atoms with Gasteiger partial charge in [-0.25, -0.2) is 0 Å². The zero-order valence-corrected chi connectivity index (χ0v) is 10.8. The number of rotatable bonds is 8. The van der Waals surface area contributed by atoms with E-state index in [4.69, 9.17) is 21.6 Å². The Hall–Kier alpha value is -1.58. The fraction of sp³-hybridized carbons (Fsp3) is 0.667. The van der Waals surface area contributed by atoms with Gasteiger partial charge in [-0.05, 0) is 6.92 Å². The monoisotopic (exact) mass is 256 g/mol. The summed E-state index contributed by atoms with van der Waals surface area (Å²) in [6.07, 6.45) is 5.23. The molecule has 0 aliphatic rings. The molecule has 0 aliphatic carbocycles. The number of amides is 1. The van der Waals surface area contributed by atoms with E-state index in [1.807, 2.05) is 0 Å². The van der Waals surface area contributed by atoms with Crippen molar-refractivity contribution in [1.82, 2.24) is 4.90 Å². The molecule has 0 saturated heterocycles. The van der Waals surface area contributed by atoms with Gasteiger partial charge in [0.1, 0.15) is 6.54 Å². The lowest BCUT2D eigenvalue weighted by Crippen LogP contribution is -2.47. The highest BCUT2D eigenvalue weighted by Gasteiger charge is 2.22.